The van der Waals surface area contributed by atoms with Crippen LogP contribution in [0.4, 0.5) is 0 Å². The van der Waals surface area contributed by atoms with Gasteiger partial charge in [-0.1, -0.05) is 20.8 Å². The fourth-order valence-corrected chi connectivity index (χ4v) is 6.22. The van der Waals surface area contributed by atoms with E-state index in [4.69, 9.17) is 9.47 Å². The molecule has 1 heterocycles. The normalized spacial score (nSPS) is 35.4. The summed E-state index contributed by atoms with van der Waals surface area (Å²) in [7, 11) is 1.27. The summed E-state index contributed by atoms with van der Waals surface area (Å²) < 4.78 is 10.6. The first-order valence-corrected chi connectivity index (χ1v) is 11.6. The molecule has 0 bridgehead atoms. The zero-order chi connectivity index (χ0) is 23.8. The number of rotatable bonds is 6. The van der Waals surface area contributed by atoms with E-state index >= 15 is 0 Å². The number of cyclic esters (lactones) is 1. The van der Waals surface area contributed by atoms with Crippen molar-refractivity contribution in [3.63, 3.8) is 0 Å². The van der Waals surface area contributed by atoms with E-state index < -0.39 is 28.9 Å². The molecule has 0 radical (unpaired) electrons. The summed E-state index contributed by atoms with van der Waals surface area (Å²) in [5.74, 6) is -1.95. The fourth-order valence-electron chi connectivity index (χ4n) is 6.22. The number of carbonyl (C=O) groups is 5. The molecule has 0 aromatic rings. The summed E-state index contributed by atoms with van der Waals surface area (Å²) in [5.41, 5.74) is -1.78. The van der Waals surface area contributed by atoms with Gasteiger partial charge >= 0.3 is 11.9 Å². The highest BCUT2D eigenvalue weighted by atomic mass is 16.6. The van der Waals surface area contributed by atoms with Crippen LogP contribution in [-0.2, 0) is 33.4 Å². The number of carbonyl (C=O) groups excluding carboxylic acids is 5. The van der Waals surface area contributed by atoms with Gasteiger partial charge in [-0.15, -0.1) is 0 Å². The third-order valence-electron chi connectivity index (χ3n) is 7.94. The minimum Gasteiger partial charge on any atom is -0.467 e. The molecule has 0 aromatic heterocycles. The summed E-state index contributed by atoms with van der Waals surface area (Å²) in [5, 5.41) is 2.70. The molecule has 2 aliphatic carbocycles. The number of ether oxygens (including phenoxy) is 2. The molecule has 8 heteroatoms. The lowest BCUT2D eigenvalue weighted by atomic mass is 9.55. The summed E-state index contributed by atoms with van der Waals surface area (Å²) >= 11 is 0. The highest BCUT2D eigenvalue weighted by molar-refractivity contribution is 5.96. The molecule has 0 aromatic carbocycles. The number of fused-ring (bicyclic) bond motifs is 3. The number of hydrogen-bond donors (Lipinski definition) is 1. The second-order valence-corrected chi connectivity index (χ2v) is 10.4. The fraction of sp³-hybridized carbons (Fsp3) is 0.792. The molecule has 3 rings (SSSR count). The van der Waals surface area contributed by atoms with Crippen molar-refractivity contribution in [3.8, 4) is 0 Å². The average molecular weight is 450 g/mol. The average Bonchev–Trinajstić information content (AvgIpc) is 2.93. The van der Waals surface area contributed by atoms with Gasteiger partial charge in [-0.2, -0.15) is 0 Å². The van der Waals surface area contributed by atoms with Gasteiger partial charge in [0.25, 0.3) is 0 Å². The van der Waals surface area contributed by atoms with Crippen molar-refractivity contribution in [1.29, 1.82) is 0 Å². The summed E-state index contributed by atoms with van der Waals surface area (Å²) in [6.07, 6.45) is 2.24. The zero-order valence-corrected chi connectivity index (χ0v) is 19.7. The van der Waals surface area contributed by atoms with Crippen LogP contribution >= 0.6 is 0 Å². The Morgan fingerprint density at radius 1 is 1.16 bits per heavy atom. The van der Waals surface area contributed by atoms with Gasteiger partial charge in [-0.05, 0) is 43.9 Å². The van der Waals surface area contributed by atoms with Crippen molar-refractivity contribution in [2.24, 2.45) is 29.1 Å². The quantitative estimate of drug-likeness (QED) is 0.619. The molecule has 0 spiro atoms. The highest BCUT2D eigenvalue weighted by Crippen LogP contribution is 2.57. The minimum absolute atomic E-state index is 0.00135. The van der Waals surface area contributed by atoms with Crippen LogP contribution in [0.15, 0.2) is 0 Å². The second-order valence-electron chi connectivity index (χ2n) is 10.4. The standard InChI is InChI=1S/C24H35NO7/c1-13(2)21(22(30)31-5)25-18(28)10-11-24(4)20-14(6-9-19(29)32-24)15-7-8-17(27)23(15,3)12-16(20)26/h13-15,20-21H,6-12H2,1-5H3,(H,25,28)/t14-,15-,20+,21-,23-,24+/m0/s1. The van der Waals surface area contributed by atoms with Crippen LogP contribution in [0, 0.1) is 29.1 Å². The van der Waals surface area contributed by atoms with Gasteiger partial charge in [-0.25, -0.2) is 4.79 Å². The predicted octanol–water partition coefficient (Wildman–Crippen LogP) is 2.37. The first-order chi connectivity index (χ1) is 14.9. The highest BCUT2D eigenvalue weighted by Gasteiger charge is 2.61. The Hall–Kier alpha value is -2.25. The molecule has 32 heavy (non-hydrogen) atoms. The third-order valence-corrected chi connectivity index (χ3v) is 7.94. The maximum absolute atomic E-state index is 13.3. The van der Waals surface area contributed by atoms with Gasteiger partial charge in [0, 0.05) is 31.1 Å². The van der Waals surface area contributed by atoms with Crippen molar-refractivity contribution >= 4 is 29.4 Å². The molecule has 6 atom stereocenters. The molecule has 1 N–H and O–H groups in total. The SMILES string of the molecule is COC(=O)[C@@H](NC(=O)CC[C@@]1(C)OC(=O)CC[C@@H]2[C@@H]1C(=O)C[C@]1(C)C(=O)CC[C@@H]21)C(C)C. The molecule has 178 valence electrons. The molecule has 0 unspecified atom stereocenters. The van der Waals surface area contributed by atoms with E-state index in [2.05, 4.69) is 5.32 Å². The Balaban J connectivity index is 1.79. The Bertz CT molecular complexity index is 821. The number of ketones is 2. The first kappa shape index (κ1) is 24.4. The number of nitrogens with one attached hydrogen (secondary N) is 1. The van der Waals surface area contributed by atoms with E-state index in [9.17, 15) is 24.0 Å². The summed E-state index contributed by atoms with van der Waals surface area (Å²) in [6, 6.07) is -0.772. The van der Waals surface area contributed by atoms with Crippen LogP contribution in [0.3, 0.4) is 0 Å². The van der Waals surface area contributed by atoms with Crippen molar-refractivity contribution in [2.45, 2.75) is 84.3 Å². The van der Waals surface area contributed by atoms with Crippen molar-refractivity contribution < 1.29 is 33.4 Å². The molecular formula is C24H35NO7. The lowest BCUT2D eigenvalue weighted by Gasteiger charge is -2.48. The Morgan fingerprint density at radius 2 is 1.84 bits per heavy atom. The van der Waals surface area contributed by atoms with Gasteiger partial charge in [0.1, 0.15) is 23.2 Å². The minimum atomic E-state index is -1.13. The van der Waals surface area contributed by atoms with Gasteiger partial charge in [0.05, 0.1) is 13.0 Å². The maximum atomic E-state index is 13.3. The Kier molecular flexibility index (Phi) is 6.82. The number of Topliss-reactive ketones (excluding diaryl/α,β-unsaturated/α-hetero) is 2. The molecule has 1 aliphatic heterocycles. The van der Waals surface area contributed by atoms with E-state index in [1.165, 1.54) is 7.11 Å². The van der Waals surface area contributed by atoms with Crippen molar-refractivity contribution in [2.75, 3.05) is 7.11 Å². The molecule has 3 fully saturated rings. The molecule has 1 saturated heterocycles. The van der Waals surface area contributed by atoms with Crippen LogP contribution in [0.1, 0.15) is 72.6 Å². The zero-order valence-electron chi connectivity index (χ0n) is 19.7. The van der Waals surface area contributed by atoms with Crippen LogP contribution in [0.25, 0.3) is 0 Å². The van der Waals surface area contributed by atoms with E-state index in [0.29, 0.717) is 12.8 Å². The predicted molar refractivity (Wildman–Crippen MR) is 114 cm³/mol. The smallest absolute Gasteiger partial charge is 0.328 e. The van der Waals surface area contributed by atoms with Crippen LogP contribution in [-0.4, -0.2) is 48.2 Å². The lowest BCUT2D eigenvalue weighted by Crippen LogP contribution is -2.55. The summed E-state index contributed by atoms with van der Waals surface area (Å²) in [4.78, 5) is 63.0. The Morgan fingerprint density at radius 3 is 2.47 bits per heavy atom. The van der Waals surface area contributed by atoms with Crippen LogP contribution < -0.4 is 5.32 Å². The maximum Gasteiger partial charge on any atom is 0.328 e. The molecule has 3 aliphatic rings. The third kappa shape index (κ3) is 4.33. The summed E-state index contributed by atoms with van der Waals surface area (Å²) in [6.45, 7) is 7.24. The molecule has 8 nitrogen and oxygen atoms in total. The van der Waals surface area contributed by atoms with E-state index in [0.717, 1.165) is 6.42 Å². The number of methoxy groups -OCH3 is 1. The van der Waals surface area contributed by atoms with E-state index in [1.807, 2.05) is 6.92 Å². The van der Waals surface area contributed by atoms with Crippen molar-refractivity contribution in [1.82, 2.24) is 5.32 Å². The number of esters is 2. The lowest BCUT2D eigenvalue weighted by molar-refractivity contribution is -0.172. The van der Waals surface area contributed by atoms with Gasteiger partial charge in [0.2, 0.25) is 5.91 Å². The van der Waals surface area contributed by atoms with Gasteiger partial charge in [-0.3, -0.25) is 19.2 Å². The van der Waals surface area contributed by atoms with Crippen molar-refractivity contribution in [3.05, 3.63) is 0 Å². The monoisotopic (exact) mass is 449 g/mol. The Labute approximate surface area is 189 Å². The number of amides is 1. The number of hydrogen-bond acceptors (Lipinski definition) is 7. The molecular weight excluding hydrogens is 414 g/mol. The molecule has 2 saturated carbocycles. The second kappa shape index (κ2) is 8.94. The van der Waals surface area contributed by atoms with Gasteiger partial charge in [0.15, 0.2) is 0 Å². The van der Waals surface area contributed by atoms with E-state index in [1.54, 1.807) is 20.8 Å². The topological polar surface area (TPSA) is 116 Å². The van der Waals surface area contributed by atoms with E-state index in [-0.39, 0.29) is 66.9 Å². The largest absolute Gasteiger partial charge is 0.467 e. The van der Waals surface area contributed by atoms with Crippen LogP contribution in [0.2, 0.25) is 0 Å². The van der Waals surface area contributed by atoms with Crippen LogP contribution in [0.5, 0.6) is 0 Å². The van der Waals surface area contributed by atoms with Gasteiger partial charge < -0.3 is 14.8 Å². The molecule has 1 amide bonds. The first-order valence-electron chi connectivity index (χ1n) is 11.6.